The molecule has 0 aromatic heterocycles. The Balaban J connectivity index is 1.52. The van der Waals surface area contributed by atoms with E-state index in [1.807, 2.05) is 0 Å². The Bertz CT molecular complexity index is 1040. The Hall–Kier alpha value is -3.52. The Morgan fingerprint density at radius 1 is 0.483 bits per heavy atom. The van der Waals surface area contributed by atoms with Gasteiger partial charge in [-0.3, -0.25) is 0 Å². The number of anilines is 5. The summed E-state index contributed by atoms with van der Waals surface area (Å²) in [5.41, 5.74) is 7.59. The van der Waals surface area contributed by atoms with Gasteiger partial charge in [0.25, 0.3) is 0 Å². The fourth-order valence-corrected chi connectivity index (χ4v) is 4.20. The molecule has 0 fully saturated rings. The summed E-state index contributed by atoms with van der Waals surface area (Å²) in [6, 6.07) is 38.9. The molecule has 4 aromatic rings. The molecule has 1 aliphatic heterocycles. The number of hydrogen-bond donors (Lipinski definition) is 0. The summed E-state index contributed by atoms with van der Waals surface area (Å²) in [5, 5.41) is 0. The lowest BCUT2D eigenvalue weighted by Crippen LogP contribution is -2.28. The van der Waals surface area contributed by atoms with Gasteiger partial charge in [0.15, 0.2) is 0 Å². The second-order valence-electron chi connectivity index (χ2n) is 7.39. The number of para-hydroxylation sites is 5. The first-order valence-electron chi connectivity index (χ1n) is 10.3. The van der Waals surface area contributed by atoms with Crippen molar-refractivity contribution in [3.05, 3.63) is 115 Å². The van der Waals surface area contributed by atoms with Crippen molar-refractivity contribution < 1.29 is 0 Å². The van der Waals surface area contributed by atoms with E-state index in [2.05, 4.69) is 119 Å². The monoisotopic (exact) mass is 376 g/mol. The first-order valence-corrected chi connectivity index (χ1v) is 10.3. The van der Waals surface area contributed by atoms with Crippen molar-refractivity contribution in [2.75, 3.05) is 16.3 Å². The van der Waals surface area contributed by atoms with E-state index in [-0.39, 0.29) is 0 Å². The lowest BCUT2D eigenvalue weighted by Gasteiger charge is -2.40. The maximum Gasteiger partial charge on any atom is 0.0699 e. The van der Waals surface area contributed by atoms with Gasteiger partial charge < -0.3 is 9.80 Å². The third-order valence-corrected chi connectivity index (χ3v) is 5.53. The molecular formula is C27H24N2. The first-order chi connectivity index (χ1) is 14.4. The van der Waals surface area contributed by atoms with E-state index >= 15 is 0 Å². The summed E-state index contributed by atoms with van der Waals surface area (Å²) in [7, 11) is 0. The molecule has 0 atom stereocenters. The summed E-state index contributed by atoms with van der Waals surface area (Å²) in [6.45, 7) is 0.992. The molecule has 142 valence electrons. The summed E-state index contributed by atoms with van der Waals surface area (Å²) in [6.07, 6.45) is 2.20. The molecule has 0 amide bonds. The Labute approximate surface area is 172 Å². The maximum atomic E-state index is 2.48. The van der Waals surface area contributed by atoms with Crippen molar-refractivity contribution in [1.82, 2.24) is 0 Å². The van der Waals surface area contributed by atoms with Crippen molar-refractivity contribution in [2.24, 2.45) is 0 Å². The second-order valence-corrected chi connectivity index (χ2v) is 7.39. The Kier molecular flexibility index (Phi) is 4.75. The summed E-state index contributed by atoms with van der Waals surface area (Å²) >= 11 is 0. The van der Waals surface area contributed by atoms with Gasteiger partial charge in [0.2, 0.25) is 0 Å². The van der Waals surface area contributed by atoms with Crippen molar-refractivity contribution in [2.45, 2.75) is 12.8 Å². The van der Waals surface area contributed by atoms with Crippen LogP contribution in [0.25, 0.3) is 0 Å². The van der Waals surface area contributed by atoms with Crippen LogP contribution in [0, 0.1) is 0 Å². The minimum absolute atomic E-state index is 0.992. The molecule has 1 heterocycles. The van der Waals surface area contributed by atoms with E-state index in [1.165, 1.54) is 34.0 Å². The molecule has 5 rings (SSSR count). The van der Waals surface area contributed by atoms with Crippen LogP contribution in [0.5, 0.6) is 0 Å². The van der Waals surface area contributed by atoms with Gasteiger partial charge in [-0.15, -0.1) is 0 Å². The quantitative estimate of drug-likeness (QED) is 0.362. The number of aryl methyl sites for hydroxylation is 1. The average Bonchev–Trinajstić information content (AvgIpc) is 2.80. The van der Waals surface area contributed by atoms with Gasteiger partial charge in [-0.2, -0.15) is 0 Å². The highest BCUT2D eigenvalue weighted by Crippen LogP contribution is 2.50. The predicted octanol–water partition coefficient (Wildman–Crippen LogP) is 7.24. The summed E-state index contributed by atoms with van der Waals surface area (Å²) in [4.78, 5) is 4.85. The second kappa shape index (κ2) is 7.84. The van der Waals surface area contributed by atoms with E-state index in [0.717, 1.165) is 19.4 Å². The zero-order valence-corrected chi connectivity index (χ0v) is 16.4. The highest BCUT2D eigenvalue weighted by atomic mass is 15.3. The number of rotatable bonds is 5. The molecular weight excluding hydrogens is 352 g/mol. The van der Waals surface area contributed by atoms with E-state index < -0.39 is 0 Å². The molecule has 1 aliphatic rings. The van der Waals surface area contributed by atoms with Gasteiger partial charge >= 0.3 is 0 Å². The summed E-state index contributed by atoms with van der Waals surface area (Å²) in [5.74, 6) is 0. The molecule has 0 aliphatic carbocycles. The lowest BCUT2D eigenvalue weighted by atomic mass is 10.0. The third kappa shape index (κ3) is 3.38. The zero-order chi connectivity index (χ0) is 19.5. The van der Waals surface area contributed by atoms with E-state index in [4.69, 9.17) is 0 Å². The molecule has 4 aromatic carbocycles. The van der Waals surface area contributed by atoms with Crippen molar-refractivity contribution in [3.8, 4) is 0 Å². The molecule has 29 heavy (non-hydrogen) atoms. The molecule has 0 bridgehead atoms. The van der Waals surface area contributed by atoms with Crippen LogP contribution >= 0.6 is 0 Å². The van der Waals surface area contributed by atoms with Crippen LogP contribution in [0.15, 0.2) is 109 Å². The van der Waals surface area contributed by atoms with Gasteiger partial charge in [0.05, 0.1) is 22.7 Å². The SMILES string of the molecule is c1ccc(CCCN2c3ccccc3N(c3ccccc3)c3ccccc32)cc1. The van der Waals surface area contributed by atoms with E-state index in [1.54, 1.807) is 0 Å². The number of hydrogen-bond acceptors (Lipinski definition) is 2. The van der Waals surface area contributed by atoms with Gasteiger partial charge in [-0.1, -0.05) is 72.8 Å². The number of benzene rings is 4. The molecule has 0 saturated heterocycles. The topological polar surface area (TPSA) is 6.48 Å². The minimum Gasteiger partial charge on any atom is -0.338 e. The number of nitrogens with zero attached hydrogens (tertiary/aromatic N) is 2. The van der Waals surface area contributed by atoms with Crippen LogP contribution in [0.2, 0.25) is 0 Å². The van der Waals surface area contributed by atoms with Crippen LogP contribution < -0.4 is 9.80 Å². The minimum atomic E-state index is 0.992. The zero-order valence-electron chi connectivity index (χ0n) is 16.4. The van der Waals surface area contributed by atoms with E-state index in [0.29, 0.717) is 0 Å². The Morgan fingerprint density at radius 3 is 1.55 bits per heavy atom. The van der Waals surface area contributed by atoms with Gasteiger partial charge in [-0.05, 0) is 54.8 Å². The van der Waals surface area contributed by atoms with Crippen LogP contribution in [0.3, 0.4) is 0 Å². The average molecular weight is 377 g/mol. The molecule has 0 N–H and O–H groups in total. The van der Waals surface area contributed by atoms with Crippen molar-refractivity contribution >= 4 is 28.4 Å². The fourth-order valence-electron chi connectivity index (χ4n) is 4.20. The number of fused-ring (bicyclic) bond motifs is 2. The van der Waals surface area contributed by atoms with Crippen LogP contribution in [-0.2, 0) is 6.42 Å². The third-order valence-electron chi connectivity index (χ3n) is 5.53. The van der Waals surface area contributed by atoms with Crippen molar-refractivity contribution in [1.29, 1.82) is 0 Å². The van der Waals surface area contributed by atoms with Crippen LogP contribution in [0.4, 0.5) is 28.4 Å². The molecule has 0 unspecified atom stereocenters. The molecule has 2 nitrogen and oxygen atoms in total. The predicted molar refractivity (Wildman–Crippen MR) is 123 cm³/mol. The smallest absolute Gasteiger partial charge is 0.0699 e. The summed E-state index contributed by atoms with van der Waals surface area (Å²) < 4.78 is 0. The molecule has 2 heteroatoms. The van der Waals surface area contributed by atoms with Crippen LogP contribution in [-0.4, -0.2) is 6.54 Å². The maximum absolute atomic E-state index is 2.48. The highest BCUT2D eigenvalue weighted by molar-refractivity contribution is 5.97. The molecule has 0 radical (unpaired) electrons. The first kappa shape index (κ1) is 17.6. The van der Waals surface area contributed by atoms with Crippen molar-refractivity contribution in [3.63, 3.8) is 0 Å². The Morgan fingerprint density at radius 2 is 0.966 bits per heavy atom. The van der Waals surface area contributed by atoms with E-state index in [9.17, 15) is 0 Å². The van der Waals surface area contributed by atoms with Gasteiger partial charge in [-0.25, -0.2) is 0 Å². The highest BCUT2D eigenvalue weighted by Gasteiger charge is 2.28. The lowest BCUT2D eigenvalue weighted by molar-refractivity contribution is 0.804. The normalized spacial score (nSPS) is 12.4. The largest absolute Gasteiger partial charge is 0.338 e. The van der Waals surface area contributed by atoms with Crippen LogP contribution in [0.1, 0.15) is 12.0 Å². The molecule has 0 saturated carbocycles. The fraction of sp³-hybridized carbons (Fsp3) is 0.111. The molecule has 0 spiro atoms. The standard InChI is InChI=1S/C27H24N2/c1-3-12-22(13-4-1)14-11-21-28-24-17-7-9-19-26(24)29(23-15-5-2-6-16-23)27-20-10-8-18-25(27)28/h1-10,12-13,15-20H,11,14,21H2. The van der Waals surface area contributed by atoms with Gasteiger partial charge in [0.1, 0.15) is 0 Å². The van der Waals surface area contributed by atoms with Gasteiger partial charge in [0, 0.05) is 12.2 Å².